The van der Waals surface area contributed by atoms with Crippen molar-refractivity contribution >= 4 is 36.6 Å². The van der Waals surface area contributed by atoms with Crippen LogP contribution in [-0.2, 0) is 0 Å². The third kappa shape index (κ3) is 5.09. The molecule has 0 radical (unpaired) electrons. The van der Waals surface area contributed by atoms with Gasteiger partial charge in [0.05, 0.1) is 0 Å². The Morgan fingerprint density at radius 2 is 1.21 bits per heavy atom. The molecule has 1 N–H and O–H groups in total. The van der Waals surface area contributed by atoms with Gasteiger partial charge in [0.25, 0.3) is 0 Å². The van der Waals surface area contributed by atoms with Crippen LogP contribution in [0.2, 0.25) is 52.4 Å². The van der Waals surface area contributed by atoms with E-state index in [9.17, 15) is 0 Å². The lowest BCUT2D eigenvalue weighted by Gasteiger charge is -2.43. The standard InChI is InChI=1S/C8H25ClN2Si3/c1-12(2,3)10-14(7,8)11(9)13(4,5)6/h10H,1-8H3. The largest absolute Gasteiger partial charge is 0.347 e. The van der Waals surface area contributed by atoms with E-state index >= 15 is 0 Å². The maximum atomic E-state index is 6.47. The van der Waals surface area contributed by atoms with E-state index in [1.807, 2.05) is 0 Å². The quantitative estimate of drug-likeness (QED) is 0.621. The minimum atomic E-state index is -1.61. The lowest BCUT2D eigenvalue weighted by molar-refractivity contribution is 0.933. The van der Waals surface area contributed by atoms with Crippen LogP contribution in [0, 0.1) is 0 Å². The molecule has 0 bridgehead atoms. The van der Waals surface area contributed by atoms with E-state index in [-0.39, 0.29) is 0 Å². The molecular formula is C8H25ClN2Si3. The van der Waals surface area contributed by atoms with E-state index < -0.39 is 24.9 Å². The molecule has 0 aromatic rings. The van der Waals surface area contributed by atoms with Gasteiger partial charge >= 0.3 is 0 Å². The highest BCUT2D eigenvalue weighted by Crippen LogP contribution is 2.21. The molecule has 0 aliphatic heterocycles. The van der Waals surface area contributed by atoms with Crippen LogP contribution in [-0.4, -0.2) is 28.6 Å². The Labute approximate surface area is 97.5 Å². The first kappa shape index (κ1) is 14.9. The number of nitrogens with zero attached hydrogens (tertiary/aromatic N) is 1. The van der Waals surface area contributed by atoms with E-state index in [2.05, 4.69) is 60.8 Å². The third-order valence-corrected chi connectivity index (χ3v) is 15.8. The second-order valence-electron chi connectivity index (χ2n) is 6.39. The lowest BCUT2D eigenvalue weighted by Crippen LogP contribution is -2.69. The number of rotatable bonds is 4. The molecule has 0 spiro atoms. The first-order valence-electron chi connectivity index (χ1n) is 5.12. The molecule has 0 amide bonds. The Balaban J connectivity index is 4.63. The SMILES string of the molecule is C[Si](C)(C)N[Si](C)(C)N(Cl)[Si](C)(C)C. The first-order valence-corrected chi connectivity index (χ1v) is 15.3. The van der Waals surface area contributed by atoms with Crippen molar-refractivity contribution in [1.82, 2.24) is 8.40 Å². The topological polar surface area (TPSA) is 15.3 Å². The predicted molar refractivity (Wildman–Crippen MR) is 75.0 cm³/mol. The monoisotopic (exact) mass is 268 g/mol. The highest BCUT2D eigenvalue weighted by molar-refractivity contribution is 6.99. The summed E-state index contributed by atoms with van der Waals surface area (Å²) in [7, 11) is -4.21. The zero-order valence-corrected chi connectivity index (χ0v) is 14.6. The summed E-state index contributed by atoms with van der Waals surface area (Å²) in [5.74, 6) is 0. The zero-order valence-electron chi connectivity index (χ0n) is 10.8. The average molecular weight is 269 g/mol. The van der Waals surface area contributed by atoms with Gasteiger partial charge in [0.15, 0.2) is 8.40 Å². The molecule has 86 valence electrons. The van der Waals surface area contributed by atoms with Gasteiger partial charge in [-0.1, -0.05) is 39.3 Å². The van der Waals surface area contributed by atoms with Gasteiger partial charge in [-0.15, -0.1) is 0 Å². The number of hydrogen-bond acceptors (Lipinski definition) is 2. The van der Waals surface area contributed by atoms with Crippen LogP contribution in [0.15, 0.2) is 0 Å². The predicted octanol–water partition coefficient (Wildman–Crippen LogP) is 3.40. The van der Waals surface area contributed by atoms with Crippen molar-refractivity contribution in [1.29, 1.82) is 0 Å². The van der Waals surface area contributed by atoms with Crippen LogP contribution in [0.3, 0.4) is 0 Å². The summed E-state index contributed by atoms with van der Waals surface area (Å²) < 4.78 is 5.96. The van der Waals surface area contributed by atoms with E-state index in [4.69, 9.17) is 11.8 Å². The van der Waals surface area contributed by atoms with Crippen LogP contribution in [0.1, 0.15) is 0 Å². The van der Waals surface area contributed by atoms with Crippen LogP contribution < -0.4 is 4.65 Å². The highest BCUT2D eigenvalue weighted by atomic mass is 35.5. The molecule has 0 fully saturated rings. The van der Waals surface area contributed by atoms with Crippen LogP contribution in [0.5, 0.6) is 0 Å². The van der Waals surface area contributed by atoms with Gasteiger partial charge in [0.2, 0.25) is 0 Å². The summed E-state index contributed by atoms with van der Waals surface area (Å²) in [4.78, 5) is 0. The molecule has 6 heteroatoms. The maximum Gasteiger partial charge on any atom is 0.199 e. The number of nitrogens with one attached hydrogen (secondary N) is 1. The summed E-state index contributed by atoms with van der Waals surface area (Å²) >= 11 is 6.47. The molecule has 2 nitrogen and oxygen atoms in total. The molecule has 0 aromatic carbocycles. The van der Waals surface area contributed by atoms with E-state index in [0.717, 1.165) is 0 Å². The van der Waals surface area contributed by atoms with Gasteiger partial charge in [0, 0.05) is 0 Å². The van der Waals surface area contributed by atoms with Crippen LogP contribution in [0.4, 0.5) is 0 Å². The Kier molecular flexibility index (Phi) is 4.66. The fourth-order valence-electron chi connectivity index (χ4n) is 1.81. The summed E-state index contributed by atoms with van der Waals surface area (Å²) in [5, 5.41) is 0. The summed E-state index contributed by atoms with van der Waals surface area (Å²) in [6.45, 7) is 18.5. The van der Waals surface area contributed by atoms with Gasteiger partial charge in [-0.05, 0) is 24.9 Å². The van der Waals surface area contributed by atoms with E-state index in [1.54, 1.807) is 0 Å². The normalized spacial score (nSPS) is 15.0. The molecule has 0 aliphatic rings. The molecule has 14 heavy (non-hydrogen) atoms. The Hall–Kier alpha value is 0.861. The van der Waals surface area contributed by atoms with Gasteiger partial charge in [-0.2, -0.15) is 0 Å². The average Bonchev–Trinajstić information content (AvgIpc) is 1.78. The Bertz CT molecular complexity index is 196. The van der Waals surface area contributed by atoms with Crippen molar-refractivity contribution in [3.63, 3.8) is 0 Å². The second kappa shape index (κ2) is 4.39. The van der Waals surface area contributed by atoms with Gasteiger partial charge < -0.3 is 4.65 Å². The molecule has 0 saturated carbocycles. The molecule has 0 unspecified atom stereocenters. The highest BCUT2D eigenvalue weighted by Gasteiger charge is 2.39. The molecule has 0 aromatic heterocycles. The van der Waals surface area contributed by atoms with Gasteiger partial charge in [0.1, 0.15) is 16.5 Å². The molecular weight excluding hydrogens is 244 g/mol. The fourth-order valence-corrected chi connectivity index (χ4v) is 17.1. The van der Waals surface area contributed by atoms with Crippen molar-refractivity contribution in [2.24, 2.45) is 0 Å². The maximum absolute atomic E-state index is 6.47. The molecule has 0 aliphatic carbocycles. The lowest BCUT2D eigenvalue weighted by atomic mass is 11.8. The van der Waals surface area contributed by atoms with E-state index in [1.165, 1.54) is 0 Å². The molecule has 0 heterocycles. The first-order chi connectivity index (χ1) is 5.86. The van der Waals surface area contributed by atoms with Gasteiger partial charge in [-0.3, -0.25) is 3.75 Å². The summed E-state index contributed by atoms with van der Waals surface area (Å²) in [6.07, 6.45) is 0. The molecule has 0 rings (SSSR count). The minimum absolute atomic E-state index is 1.23. The summed E-state index contributed by atoms with van der Waals surface area (Å²) in [5.41, 5.74) is 0. The Morgan fingerprint density at radius 3 is 1.43 bits per heavy atom. The number of halogens is 1. The van der Waals surface area contributed by atoms with Gasteiger partial charge in [-0.25, -0.2) is 0 Å². The summed E-state index contributed by atoms with van der Waals surface area (Å²) in [6, 6.07) is 0. The van der Waals surface area contributed by atoms with Crippen molar-refractivity contribution in [2.45, 2.75) is 52.4 Å². The van der Waals surface area contributed by atoms with Crippen LogP contribution >= 0.6 is 11.8 Å². The smallest absolute Gasteiger partial charge is 0.199 e. The fraction of sp³-hybridized carbons (Fsp3) is 1.00. The van der Waals surface area contributed by atoms with E-state index in [0.29, 0.717) is 0 Å². The van der Waals surface area contributed by atoms with Crippen molar-refractivity contribution in [3.05, 3.63) is 0 Å². The van der Waals surface area contributed by atoms with Crippen molar-refractivity contribution in [3.8, 4) is 0 Å². The zero-order chi connectivity index (χ0) is 11.8. The van der Waals surface area contributed by atoms with Crippen LogP contribution in [0.25, 0.3) is 0 Å². The number of hydrogen-bond donors (Lipinski definition) is 1. The van der Waals surface area contributed by atoms with Crippen molar-refractivity contribution in [2.75, 3.05) is 0 Å². The van der Waals surface area contributed by atoms with Crippen molar-refractivity contribution < 1.29 is 0 Å². The third-order valence-electron chi connectivity index (χ3n) is 1.76. The Morgan fingerprint density at radius 1 is 0.857 bits per heavy atom. The molecule has 0 atom stereocenters. The minimum Gasteiger partial charge on any atom is -0.347 e. The second-order valence-corrected chi connectivity index (χ2v) is 21.6. The molecule has 0 saturated heterocycles.